The Kier molecular flexibility index (Phi) is 7.29. The average Bonchev–Trinajstić information content (AvgIpc) is 3.13. The molecule has 1 saturated heterocycles. The van der Waals surface area contributed by atoms with Crippen LogP contribution in [0.15, 0.2) is 88.8 Å². The van der Waals surface area contributed by atoms with E-state index in [2.05, 4.69) is 0 Å². The third-order valence-corrected chi connectivity index (χ3v) is 5.91. The van der Waals surface area contributed by atoms with E-state index in [9.17, 15) is 9.59 Å². The summed E-state index contributed by atoms with van der Waals surface area (Å²) in [5, 5.41) is 0.611. The maximum atomic E-state index is 13.4. The zero-order chi connectivity index (χ0) is 23.9. The van der Waals surface area contributed by atoms with Crippen LogP contribution in [0.2, 0.25) is 0 Å². The molecular weight excluding hydrogens is 450 g/mol. The van der Waals surface area contributed by atoms with Gasteiger partial charge in [-0.15, -0.1) is 0 Å². The summed E-state index contributed by atoms with van der Waals surface area (Å²) in [6, 6.07) is 24.5. The highest BCUT2D eigenvalue weighted by molar-refractivity contribution is 8.18. The van der Waals surface area contributed by atoms with Gasteiger partial charge in [-0.1, -0.05) is 54.6 Å². The van der Waals surface area contributed by atoms with Gasteiger partial charge in [0.15, 0.2) is 23.3 Å². The third kappa shape index (κ3) is 5.65. The van der Waals surface area contributed by atoms with Crippen molar-refractivity contribution in [2.45, 2.75) is 6.54 Å². The SMILES string of the molecule is COc1cc(/C=C2/SC(=Nc3ccccc3)N(Cc3ccccc3)C2=O)ccc1OCC(N)=O. The van der Waals surface area contributed by atoms with Crippen LogP contribution in [-0.2, 0) is 16.1 Å². The van der Waals surface area contributed by atoms with Gasteiger partial charge in [-0.05, 0) is 53.2 Å². The molecule has 2 N–H and O–H groups in total. The van der Waals surface area contributed by atoms with Gasteiger partial charge in [-0.25, -0.2) is 4.99 Å². The van der Waals surface area contributed by atoms with E-state index in [4.69, 9.17) is 20.2 Å². The van der Waals surface area contributed by atoms with Crippen molar-refractivity contribution in [3.63, 3.8) is 0 Å². The fourth-order valence-corrected chi connectivity index (χ4v) is 4.30. The van der Waals surface area contributed by atoms with Crippen LogP contribution >= 0.6 is 11.8 Å². The molecule has 1 heterocycles. The minimum absolute atomic E-state index is 0.128. The molecule has 1 aliphatic rings. The standard InChI is InChI=1S/C26H23N3O4S/c1-32-22-14-19(12-13-21(22)33-17-24(27)30)15-23-25(31)29(16-18-8-4-2-5-9-18)26(34-23)28-20-10-6-3-7-11-20/h2-15H,16-17H2,1H3,(H2,27,30)/b23-15+,28-26?. The summed E-state index contributed by atoms with van der Waals surface area (Å²) in [4.78, 5) is 31.3. The topological polar surface area (TPSA) is 94.2 Å². The molecule has 4 rings (SSSR count). The normalized spacial score (nSPS) is 15.7. The number of thioether (sulfide) groups is 1. The molecule has 34 heavy (non-hydrogen) atoms. The van der Waals surface area contributed by atoms with Crippen LogP contribution in [0.4, 0.5) is 5.69 Å². The van der Waals surface area contributed by atoms with Gasteiger partial charge in [0.05, 0.1) is 24.2 Å². The minimum atomic E-state index is -0.579. The van der Waals surface area contributed by atoms with Crippen LogP contribution in [-0.4, -0.2) is 35.6 Å². The number of nitrogens with two attached hydrogens (primary N) is 1. The molecule has 0 saturated carbocycles. The quantitative estimate of drug-likeness (QED) is 0.491. The molecule has 0 atom stereocenters. The van der Waals surface area contributed by atoms with Crippen molar-refractivity contribution >= 4 is 40.5 Å². The monoisotopic (exact) mass is 473 g/mol. The van der Waals surface area contributed by atoms with Gasteiger partial charge >= 0.3 is 0 Å². The molecule has 7 nitrogen and oxygen atoms in total. The number of hydrogen-bond acceptors (Lipinski definition) is 6. The number of amides is 2. The number of amidine groups is 1. The van der Waals surface area contributed by atoms with Gasteiger partial charge in [0.2, 0.25) is 0 Å². The Morgan fingerprint density at radius 3 is 2.41 bits per heavy atom. The van der Waals surface area contributed by atoms with E-state index in [-0.39, 0.29) is 12.5 Å². The van der Waals surface area contributed by atoms with E-state index in [1.807, 2.05) is 60.7 Å². The number of hydrogen-bond donors (Lipinski definition) is 1. The highest BCUT2D eigenvalue weighted by Gasteiger charge is 2.33. The Balaban J connectivity index is 1.64. The lowest BCUT2D eigenvalue weighted by atomic mass is 10.1. The Labute approximate surface area is 201 Å². The number of ether oxygens (including phenoxy) is 2. The summed E-state index contributed by atoms with van der Waals surface area (Å²) in [6.45, 7) is 0.164. The Morgan fingerprint density at radius 1 is 1.03 bits per heavy atom. The van der Waals surface area contributed by atoms with Crippen molar-refractivity contribution < 1.29 is 19.1 Å². The fourth-order valence-electron chi connectivity index (χ4n) is 3.30. The molecule has 0 radical (unpaired) electrons. The van der Waals surface area contributed by atoms with E-state index in [0.717, 1.165) is 16.8 Å². The van der Waals surface area contributed by atoms with Gasteiger partial charge in [0, 0.05) is 0 Å². The molecule has 0 spiro atoms. The van der Waals surface area contributed by atoms with Crippen LogP contribution < -0.4 is 15.2 Å². The average molecular weight is 474 g/mol. The third-order valence-electron chi connectivity index (χ3n) is 4.91. The number of benzene rings is 3. The number of aliphatic imine (C=N–C) groups is 1. The predicted molar refractivity (Wildman–Crippen MR) is 134 cm³/mol. The van der Waals surface area contributed by atoms with Crippen molar-refractivity contribution in [3.8, 4) is 11.5 Å². The summed E-state index contributed by atoms with van der Waals surface area (Å²) in [6.07, 6.45) is 1.79. The Bertz CT molecular complexity index is 1240. The Hall–Kier alpha value is -4.04. The first kappa shape index (κ1) is 23.1. The number of nitrogens with zero attached hydrogens (tertiary/aromatic N) is 2. The van der Waals surface area contributed by atoms with Crippen molar-refractivity contribution in [1.82, 2.24) is 4.90 Å². The smallest absolute Gasteiger partial charge is 0.267 e. The number of methoxy groups -OCH3 is 1. The van der Waals surface area contributed by atoms with Crippen LogP contribution in [0.5, 0.6) is 11.5 Å². The summed E-state index contributed by atoms with van der Waals surface area (Å²) < 4.78 is 10.8. The molecule has 2 amide bonds. The number of para-hydroxylation sites is 1. The molecule has 1 fully saturated rings. The number of rotatable bonds is 8. The maximum Gasteiger partial charge on any atom is 0.267 e. The largest absolute Gasteiger partial charge is 0.493 e. The highest BCUT2D eigenvalue weighted by atomic mass is 32.2. The first-order valence-electron chi connectivity index (χ1n) is 10.5. The second-order valence-electron chi connectivity index (χ2n) is 7.38. The summed E-state index contributed by atoms with van der Waals surface area (Å²) in [7, 11) is 1.51. The minimum Gasteiger partial charge on any atom is -0.493 e. The molecule has 1 aliphatic heterocycles. The molecule has 8 heteroatoms. The molecule has 172 valence electrons. The second-order valence-corrected chi connectivity index (χ2v) is 8.39. The van der Waals surface area contributed by atoms with E-state index in [0.29, 0.717) is 28.1 Å². The van der Waals surface area contributed by atoms with Crippen LogP contribution in [0.25, 0.3) is 6.08 Å². The Morgan fingerprint density at radius 2 is 1.74 bits per heavy atom. The van der Waals surface area contributed by atoms with E-state index >= 15 is 0 Å². The first-order valence-corrected chi connectivity index (χ1v) is 11.3. The molecule has 0 aliphatic carbocycles. The van der Waals surface area contributed by atoms with Crippen molar-refractivity contribution in [1.29, 1.82) is 0 Å². The molecular formula is C26H23N3O4S. The van der Waals surface area contributed by atoms with Crippen molar-refractivity contribution in [2.24, 2.45) is 10.7 Å². The van der Waals surface area contributed by atoms with Crippen molar-refractivity contribution in [2.75, 3.05) is 13.7 Å². The number of carbonyl (C=O) groups is 2. The molecule has 3 aromatic rings. The van der Waals surface area contributed by atoms with E-state index in [1.54, 1.807) is 29.2 Å². The van der Waals surface area contributed by atoms with Gasteiger partial charge in [0.1, 0.15) is 0 Å². The zero-order valence-corrected chi connectivity index (χ0v) is 19.3. The lowest BCUT2D eigenvalue weighted by molar-refractivity contribution is -0.122. The summed E-state index contributed by atoms with van der Waals surface area (Å²) in [5.74, 6) is 0.123. The van der Waals surface area contributed by atoms with Crippen molar-refractivity contribution in [3.05, 3.63) is 94.9 Å². The lowest BCUT2D eigenvalue weighted by Gasteiger charge is -2.15. The van der Waals surface area contributed by atoms with Gasteiger partial charge in [-0.2, -0.15) is 0 Å². The maximum absolute atomic E-state index is 13.4. The van der Waals surface area contributed by atoms with Crippen LogP contribution in [0, 0.1) is 0 Å². The molecule has 0 unspecified atom stereocenters. The molecule has 3 aromatic carbocycles. The van der Waals surface area contributed by atoms with Crippen LogP contribution in [0.1, 0.15) is 11.1 Å². The first-order chi connectivity index (χ1) is 16.5. The zero-order valence-electron chi connectivity index (χ0n) is 18.5. The van der Waals surface area contributed by atoms with Gasteiger partial charge < -0.3 is 15.2 Å². The fraction of sp³-hybridized carbons (Fsp3) is 0.115. The summed E-state index contributed by atoms with van der Waals surface area (Å²) in [5.41, 5.74) is 7.68. The lowest BCUT2D eigenvalue weighted by Crippen LogP contribution is -2.28. The molecule has 0 bridgehead atoms. The highest BCUT2D eigenvalue weighted by Crippen LogP contribution is 2.36. The van der Waals surface area contributed by atoms with Gasteiger partial charge in [0.25, 0.3) is 11.8 Å². The van der Waals surface area contributed by atoms with Crippen LogP contribution in [0.3, 0.4) is 0 Å². The summed E-state index contributed by atoms with van der Waals surface area (Å²) >= 11 is 1.32. The van der Waals surface area contributed by atoms with E-state index in [1.165, 1.54) is 18.9 Å². The van der Waals surface area contributed by atoms with E-state index < -0.39 is 5.91 Å². The second kappa shape index (κ2) is 10.7. The molecule has 0 aromatic heterocycles. The number of carbonyl (C=O) groups excluding carboxylic acids is 2. The van der Waals surface area contributed by atoms with Gasteiger partial charge in [-0.3, -0.25) is 14.5 Å². The predicted octanol–water partition coefficient (Wildman–Crippen LogP) is 4.36. The number of primary amides is 1.